The molecule has 7 heteroatoms. The number of carbonyl (C=O) groups is 1. The second-order valence-corrected chi connectivity index (χ2v) is 4.58. The lowest BCUT2D eigenvalue weighted by Gasteiger charge is -2.06. The first-order chi connectivity index (χ1) is 8.99. The van der Waals surface area contributed by atoms with Gasteiger partial charge in [-0.15, -0.1) is 5.10 Å². The molecule has 102 valence electrons. The van der Waals surface area contributed by atoms with Crippen LogP contribution in [0.1, 0.15) is 24.9 Å². The Hall–Kier alpha value is -2.18. The zero-order valence-electron chi connectivity index (χ0n) is 11.1. The van der Waals surface area contributed by atoms with Crippen molar-refractivity contribution < 1.29 is 14.3 Å². The van der Waals surface area contributed by atoms with E-state index in [1.807, 2.05) is 19.9 Å². The predicted octanol–water partition coefficient (Wildman–Crippen LogP) is 1.66. The van der Waals surface area contributed by atoms with Crippen molar-refractivity contribution in [3.63, 3.8) is 0 Å². The van der Waals surface area contributed by atoms with E-state index in [0.29, 0.717) is 18.8 Å². The zero-order valence-corrected chi connectivity index (χ0v) is 11.1. The molecule has 7 nitrogen and oxygen atoms in total. The number of hydrogen-bond acceptors (Lipinski definition) is 5. The van der Waals surface area contributed by atoms with Crippen LogP contribution in [0.15, 0.2) is 10.5 Å². The molecule has 0 saturated heterocycles. The highest BCUT2D eigenvalue weighted by Crippen LogP contribution is 2.24. The minimum absolute atomic E-state index is 0.427. The fourth-order valence-electron chi connectivity index (χ4n) is 1.84. The largest absolute Gasteiger partial charge is 0.481 e. The fourth-order valence-corrected chi connectivity index (χ4v) is 1.84. The van der Waals surface area contributed by atoms with Crippen molar-refractivity contribution in [1.82, 2.24) is 20.2 Å². The molecule has 2 heterocycles. The first-order valence-corrected chi connectivity index (χ1v) is 6.05. The van der Waals surface area contributed by atoms with Gasteiger partial charge in [0.05, 0.1) is 11.5 Å². The van der Waals surface area contributed by atoms with Crippen molar-refractivity contribution in [1.29, 1.82) is 0 Å². The van der Waals surface area contributed by atoms with E-state index in [2.05, 4.69) is 15.5 Å². The van der Waals surface area contributed by atoms with Gasteiger partial charge in [-0.3, -0.25) is 4.79 Å². The number of carboxylic acid groups (broad SMARTS) is 1. The predicted molar refractivity (Wildman–Crippen MR) is 66.4 cm³/mol. The Labute approximate surface area is 110 Å². The van der Waals surface area contributed by atoms with E-state index in [1.54, 1.807) is 11.6 Å². The summed E-state index contributed by atoms with van der Waals surface area (Å²) in [5.41, 5.74) is 0.838. The van der Waals surface area contributed by atoms with Gasteiger partial charge in [0, 0.05) is 6.54 Å². The summed E-state index contributed by atoms with van der Waals surface area (Å²) in [7, 11) is 0. The average Bonchev–Trinajstić information content (AvgIpc) is 2.91. The third-order valence-electron chi connectivity index (χ3n) is 3.01. The summed E-state index contributed by atoms with van der Waals surface area (Å²) in [6, 6.07) is 1.87. The van der Waals surface area contributed by atoms with Crippen LogP contribution in [0.5, 0.6) is 0 Å². The number of aliphatic carboxylic acids is 1. The Morgan fingerprint density at radius 1 is 1.53 bits per heavy atom. The molecule has 1 unspecified atom stereocenters. The summed E-state index contributed by atoms with van der Waals surface area (Å²) < 4.78 is 7.06. The van der Waals surface area contributed by atoms with Crippen LogP contribution in [-0.4, -0.2) is 31.3 Å². The van der Waals surface area contributed by atoms with E-state index in [4.69, 9.17) is 9.52 Å². The standard InChI is InChI=1S/C12H16N4O3/c1-7(12(17)18)4-5-16-11(13-14-15-16)10-6-8(2)19-9(10)3/h6-7H,4-5H2,1-3H3,(H,17,18). The van der Waals surface area contributed by atoms with Crippen molar-refractivity contribution in [3.05, 3.63) is 17.6 Å². The van der Waals surface area contributed by atoms with E-state index in [1.165, 1.54) is 0 Å². The quantitative estimate of drug-likeness (QED) is 0.882. The monoisotopic (exact) mass is 264 g/mol. The first kappa shape index (κ1) is 13.3. The summed E-state index contributed by atoms with van der Waals surface area (Å²) in [5, 5.41) is 20.4. The number of aryl methyl sites for hydroxylation is 3. The summed E-state index contributed by atoms with van der Waals surface area (Å²) >= 11 is 0. The Morgan fingerprint density at radius 2 is 2.26 bits per heavy atom. The minimum atomic E-state index is -0.815. The molecular formula is C12H16N4O3. The van der Waals surface area contributed by atoms with Gasteiger partial charge >= 0.3 is 5.97 Å². The fraction of sp³-hybridized carbons (Fsp3) is 0.500. The first-order valence-electron chi connectivity index (χ1n) is 6.05. The SMILES string of the molecule is Cc1cc(-c2nnnn2CCC(C)C(=O)O)c(C)o1. The lowest BCUT2D eigenvalue weighted by molar-refractivity contribution is -0.141. The van der Waals surface area contributed by atoms with E-state index in [-0.39, 0.29) is 0 Å². The molecular weight excluding hydrogens is 248 g/mol. The molecule has 0 fully saturated rings. The molecule has 0 aliphatic rings. The van der Waals surface area contributed by atoms with Crippen LogP contribution in [0.3, 0.4) is 0 Å². The molecule has 1 N–H and O–H groups in total. The molecule has 0 spiro atoms. The maximum absolute atomic E-state index is 10.8. The Kier molecular flexibility index (Phi) is 3.64. The molecule has 0 aliphatic carbocycles. The van der Waals surface area contributed by atoms with Crippen molar-refractivity contribution in [2.45, 2.75) is 33.7 Å². The van der Waals surface area contributed by atoms with Crippen LogP contribution in [0.4, 0.5) is 0 Å². The number of furan rings is 1. The number of tetrazole rings is 1. The molecule has 0 saturated carbocycles. The van der Waals surface area contributed by atoms with Gasteiger partial charge in [0.1, 0.15) is 11.5 Å². The molecule has 0 bridgehead atoms. The van der Waals surface area contributed by atoms with Gasteiger partial charge in [-0.05, 0) is 36.8 Å². The van der Waals surface area contributed by atoms with Crippen LogP contribution in [-0.2, 0) is 11.3 Å². The van der Waals surface area contributed by atoms with Gasteiger partial charge in [-0.1, -0.05) is 6.92 Å². The lowest BCUT2D eigenvalue weighted by Crippen LogP contribution is -2.14. The summed E-state index contributed by atoms with van der Waals surface area (Å²) in [6.45, 7) is 5.83. The van der Waals surface area contributed by atoms with Gasteiger partial charge in [-0.25, -0.2) is 4.68 Å². The van der Waals surface area contributed by atoms with Crippen molar-refractivity contribution in [2.24, 2.45) is 5.92 Å². The Balaban J connectivity index is 2.18. The number of rotatable bonds is 5. The molecule has 2 rings (SSSR count). The second kappa shape index (κ2) is 5.21. The molecule has 2 aromatic heterocycles. The maximum atomic E-state index is 10.8. The van der Waals surface area contributed by atoms with Gasteiger partial charge in [0.15, 0.2) is 5.82 Å². The molecule has 0 radical (unpaired) electrons. The van der Waals surface area contributed by atoms with Crippen molar-refractivity contribution in [2.75, 3.05) is 0 Å². The molecule has 2 aromatic rings. The lowest BCUT2D eigenvalue weighted by atomic mass is 10.1. The number of carboxylic acids is 1. The smallest absolute Gasteiger partial charge is 0.306 e. The van der Waals surface area contributed by atoms with E-state index < -0.39 is 11.9 Å². The van der Waals surface area contributed by atoms with Gasteiger partial charge in [-0.2, -0.15) is 0 Å². The maximum Gasteiger partial charge on any atom is 0.306 e. The van der Waals surface area contributed by atoms with Crippen LogP contribution in [0.2, 0.25) is 0 Å². The Bertz CT molecular complexity index is 588. The van der Waals surface area contributed by atoms with Crippen molar-refractivity contribution in [3.8, 4) is 11.4 Å². The molecule has 0 aromatic carbocycles. The normalized spacial score (nSPS) is 12.6. The van der Waals surface area contributed by atoms with Gasteiger partial charge in [0.25, 0.3) is 0 Å². The molecule has 1 atom stereocenters. The van der Waals surface area contributed by atoms with E-state index in [9.17, 15) is 4.79 Å². The molecule has 0 aliphatic heterocycles. The van der Waals surface area contributed by atoms with Crippen LogP contribution in [0, 0.1) is 19.8 Å². The van der Waals surface area contributed by atoms with Crippen LogP contribution < -0.4 is 0 Å². The highest BCUT2D eigenvalue weighted by Gasteiger charge is 2.17. The molecule has 0 amide bonds. The van der Waals surface area contributed by atoms with E-state index in [0.717, 1.165) is 17.1 Å². The minimum Gasteiger partial charge on any atom is -0.481 e. The zero-order chi connectivity index (χ0) is 14.0. The van der Waals surface area contributed by atoms with Crippen molar-refractivity contribution >= 4 is 5.97 Å². The highest BCUT2D eigenvalue weighted by molar-refractivity contribution is 5.69. The Morgan fingerprint density at radius 3 is 2.84 bits per heavy atom. The second-order valence-electron chi connectivity index (χ2n) is 4.58. The molecule has 19 heavy (non-hydrogen) atoms. The van der Waals surface area contributed by atoms with Gasteiger partial charge < -0.3 is 9.52 Å². The topological polar surface area (TPSA) is 94.0 Å². The average molecular weight is 264 g/mol. The summed E-state index contributed by atoms with van der Waals surface area (Å²) in [6.07, 6.45) is 0.475. The summed E-state index contributed by atoms with van der Waals surface area (Å²) in [5.74, 6) is 0.905. The number of nitrogens with zero attached hydrogens (tertiary/aromatic N) is 4. The van der Waals surface area contributed by atoms with Crippen LogP contribution >= 0.6 is 0 Å². The number of aromatic nitrogens is 4. The number of hydrogen-bond donors (Lipinski definition) is 1. The highest BCUT2D eigenvalue weighted by atomic mass is 16.4. The summed E-state index contributed by atoms with van der Waals surface area (Å²) in [4.78, 5) is 10.8. The van der Waals surface area contributed by atoms with Crippen LogP contribution in [0.25, 0.3) is 11.4 Å². The van der Waals surface area contributed by atoms with E-state index >= 15 is 0 Å². The third-order valence-corrected chi connectivity index (χ3v) is 3.01. The third kappa shape index (κ3) is 2.81. The van der Waals surface area contributed by atoms with Gasteiger partial charge in [0.2, 0.25) is 0 Å².